The lowest BCUT2D eigenvalue weighted by molar-refractivity contribution is 0.199. The molecule has 0 aliphatic rings. The maximum absolute atomic E-state index is 11.9. The number of benzene rings is 1. The summed E-state index contributed by atoms with van der Waals surface area (Å²) in [5.41, 5.74) is 6.73. The number of nitrogen functional groups attached to an aromatic ring is 1. The quantitative estimate of drug-likeness (QED) is 0.612. The maximum Gasteiger partial charge on any atom is 0.234 e. The van der Waals surface area contributed by atoms with Crippen LogP contribution in [0, 0.1) is 0 Å². The third-order valence-corrected chi connectivity index (χ3v) is 4.25. The van der Waals surface area contributed by atoms with Crippen molar-refractivity contribution in [3.63, 3.8) is 0 Å². The summed E-state index contributed by atoms with van der Waals surface area (Å²) < 4.78 is 30.0. The first-order valence-electron chi connectivity index (χ1n) is 5.28. The molecule has 5 nitrogen and oxygen atoms in total. The minimum Gasteiger partial charge on any atom is -0.399 e. The van der Waals surface area contributed by atoms with E-state index in [1.807, 2.05) is 0 Å². The molecule has 0 fully saturated rings. The molecule has 0 aliphatic carbocycles. The average Bonchev–Trinajstić information content (AvgIpc) is 2.28. The van der Waals surface area contributed by atoms with Crippen LogP contribution >= 0.6 is 0 Å². The highest BCUT2D eigenvalue weighted by atomic mass is 32.2. The molecule has 0 bridgehead atoms. The van der Waals surface area contributed by atoms with Gasteiger partial charge in [-0.2, -0.15) is 0 Å². The lowest BCUT2D eigenvalue weighted by atomic mass is 10.3. The van der Waals surface area contributed by atoms with Crippen LogP contribution in [-0.2, 0) is 14.8 Å². The zero-order valence-electron chi connectivity index (χ0n) is 10.1. The van der Waals surface area contributed by atoms with Crippen molar-refractivity contribution in [3.8, 4) is 0 Å². The number of anilines is 2. The standard InChI is InChI=1S/C11H18N2O3S/c1-13(11-6-3-5-10(12)9-11)17(14,15)8-4-7-16-2/h3,5-6,9H,4,7-8,12H2,1-2H3. The minimum atomic E-state index is -3.30. The first kappa shape index (κ1) is 13.8. The highest BCUT2D eigenvalue weighted by Crippen LogP contribution is 2.19. The molecule has 0 amide bonds. The Morgan fingerprint density at radius 1 is 1.41 bits per heavy atom. The molecular weight excluding hydrogens is 240 g/mol. The molecule has 1 aromatic rings. The smallest absolute Gasteiger partial charge is 0.234 e. The van der Waals surface area contributed by atoms with E-state index in [9.17, 15) is 8.42 Å². The van der Waals surface area contributed by atoms with Gasteiger partial charge >= 0.3 is 0 Å². The molecule has 0 unspecified atom stereocenters. The third kappa shape index (κ3) is 3.90. The highest BCUT2D eigenvalue weighted by Gasteiger charge is 2.17. The summed E-state index contributed by atoms with van der Waals surface area (Å²) in [5, 5.41) is 0. The number of hydrogen-bond acceptors (Lipinski definition) is 4. The number of nitrogens with two attached hydrogens (primary N) is 1. The van der Waals surface area contributed by atoms with Gasteiger partial charge in [0.15, 0.2) is 0 Å². The molecule has 0 heterocycles. The Labute approximate surface area is 102 Å². The Bertz CT molecular complexity index is 460. The van der Waals surface area contributed by atoms with E-state index < -0.39 is 10.0 Å². The number of rotatable bonds is 6. The summed E-state index contributed by atoms with van der Waals surface area (Å²) >= 11 is 0. The van der Waals surface area contributed by atoms with E-state index in [1.165, 1.54) is 11.4 Å². The summed E-state index contributed by atoms with van der Waals surface area (Å²) in [6, 6.07) is 6.79. The van der Waals surface area contributed by atoms with Crippen LogP contribution in [0.5, 0.6) is 0 Å². The second kappa shape index (κ2) is 5.88. The van der Waals surface area contributed by atoms with Crippen LogP contribution in [0.1, 0.15) is 6.42 Å². The van der Waals surface area contributed by atoms with Gasteiger partial charge < -0.3 is 10.5 Å². The van der Waals surface area contributed by atoms with Gasteiger partial charge in [-0.15, -0.1) is 0 Å². The van der Waals surface area contributed by atoms with Gasteiger partial charge in [-0.05, 0) is 24.6 Å². The fourth-order valence-electron chi connectivity index (χ4n) is 1.40. The van der Waals surface area contributed by atoms with Crippen LogP contribution < -0.4 is 10.0 Å². The van der Waals surface area contributed by atoms with Gasteiger partial charge in [-0.3, -0.25) is 4.31 Å². The topological polar surface area (TPSA) is 72.6 Å². The number of hydrogen-bond donors (Lipinski definition) is 1. The fraction of sp³-hybridized carbons (Fsp3) is 0.455. The van der Waals surface area contributed by atoms with Crippen molar-refractivity contribution >= 4 is 21.4 Å². The zero-order valence-corrected chi connectivity index (χ0v) is 10.9. The van der Waals surface area contributed by atoms with Crippen molar-refractivity contribution in [2.75, 3.05) is 36.6 Å². The summed E-state index contributed by atoms with van der Waals surface area (Å²) in [5.74, 6) is 0.0616. The molecule has 17 heavy (non-hydrogen) atoms. The molecule has 0 spiro atoms. The van der Waals surface area contributed by atoms with Crippen molar-refractivity contribution in [1.82, 2.24) is 0 Å². The Hall–Kier alpha value is -1.27. The van der Waals surface area contributed by atoms with Gasteiger partial charge in [-0.25, -0.2) is 8.42 Å². The molecule has 0 atom stereocenters. The largest absolute Gasteiger partial charge is 0.399 e. The number of methoxy groups -OCH3 is 1. The molecule has 0 aromatic heterocycles. The van der Waals surface area contributed by atoms with E-state index in [2.05, 4.69) is 0 Å². The van der Waals surface area contributed by atoms with Crippen LogP contribution in [0.25, 0.3) is 0 Å². The van der Waals surface area contributed by atoms with Crippen molar-refractivity contribution in [2.45, 2.75) is 6.42 Å². The van der Waals surface area contributed by atoms with Gasteiger partial charge in [0, 0.05) is 26.5 Å². The Kier molecular flexibility index (Phi) is 4.77. The molecule has 2 N–H and O–H groups in total. The monoisotopic (exact) mass is 258 g/mol. The van der Waals surface area contributed by atoms with E-state index in [1.54, 1.807) is 31.4 Å². The summed E-state index contributed by atoms with van der Waals surface area (Å²) in [7, 11) is -0.230. The van der Waals surface area contributed by atoms with Crippen LogP contribution in [0.4, 0.5) is 11.4 Å². The fourth-order valence-corrected chi connectivity index (χ4v) is 2.60. The molecule has 0 saturated carbocycles. The second-order valence-corrected chi connectivity index (χ2v) is 5.84. The predicted octanol–water partition coefficient (Wildman–Crippen LogP) is 1.07. The van der Waals surface area contributed by atoms with E-state index in [0.29, 0.717) is 24.4 Å². The first-order valence-corrected chi connectivity index (χ1v) is 6.89. The lowest BCUT2D eigenvalue weighted by Gasteiger charge is -2.19. The molecule has 0 saturated heterocycles. The van der Waals surface area contributed by atoms with Gasteiger partial charge in [0.05, 0.1) is 11.4 Å². The van der Waals surface area contributed by atoms with E-state index in [4.69, 9.17) is 10.5 Å². The van der Waals surface area contributed by atoms with Gasteiger partial charge in [-0.1, -0.05) is 6.07 Å². The first-order chi connectivity index (χ1) is 7.97. The molecular formula is C11H18N2O3S. The van der Waals surface area contributed by atoms with E-state index in [0.717, 1.165) is 0 Å². The van der Waals surface area contributed by atoms with Crippen LogP contribution in [0.15, 0.2) is 24.3 Å². The normalized spacial score (nSPS) is 11.4. The predicted molar refractivity (Wildman–Crippen MR) is 69.5 cm³/mol. The highest BCUT2D eigenvalue weighted by molar-refractivity contribution is 7.92. The second-order valence-electron chi connectivity index (χ2n) is 3.72. The summed E-state index contributed by atoms with van der Waals surface area (Å²) in [4.78, 5) is 0. The van der Waals surface area contributed by atoms with Crippen molar-refractivity contribution in [3.05, 3.63) is 24.3 Å². The Balaban J connectivity index is 2.78. The summed E-state index contributed by atoms with van der Waals surface area (Å²) in [6.45, 7) is 0.435. The van der Waals surface area contributed by atoms with Crippen molar-refractivity contribution in [1.29, 1.82) is 0 Å². The zero-order chi connectivity index (χ0) is 12.9. The van der Waals surface area contributed by atoms with Crippen molar-refractivity contribution < 1.29 is 13.2 Å². The van der Waals surface area contributed by atoms with Gasteiger partial charge in [0.25, 0.3) is 0 Å². The molecule has 1 rings (SSSR count). The molecule has 96 valence electrons. The SMILES string of the molecule is COCCCS(=O)(=O)N(C)c1cccc(N)c1. The van der Waals surface area contributed by atoms with Crippen LogP contribution in [0.2, 0.25) is 0 Å². The third-order valence-electron chi connectivity index (χ3n) is 2.40. The van der Waals surface area contributed by atoms with Crippen molar-refractivity contribution in [2.24, 2.45) is 0 Å². The molecule has 0 radical (unpaired) electrons. The van der Waals surface area contributed by atoms with Crippen LogP contribution in [0.3, 0.4) is 0 Å². The van der Waals surface area contributed by atoms with E-state index >= 15 is 0 Å². The number of sulfonamides is 1. The average molecular weight is 258 g/mol. The summed E-state index contributed by atoms with van der Waals surface area (Å²) in [6.07, 6.45) is 0.478. The Morgan fingerprint density at radius 2 is 2.12 bits per heavy atom. The van der Waals surface area contributed by atoms with Crippen LogP contribution in [-0.4, -0.2) is 34.9 Å². The molecule has 1 aromatic carbocycles. The minimum absolute atomic E-state index is 0.0616. The Morgan fingerprint density at radius 3 is 2.71 bits per heavy atom. The van der Waals surface area contributed by atoms with Gasteiger partial charge in [0.2, 0.25) is 10.0 Å². The number of nitrogens with zero attached hydrogens (tertiary/aromatic N) is 1. The maximum atomic E-state index is 11.9. The number of ether oxygens (including phenoxy) is 1. The van der Waals surface area contributed by atoms with Gasteiger partial charge in [0.1, 0.15) is 0 Å². The lowest BCUT2D eigenvalue weighted by Crippen LogP contribution is -2.29. The van der Waals surface area contributed by atoms with E-state index in [-0.39, 0.29) is 5.75 Å². The molecule has 0 aliphatic heterocycles. The molecule has 6 heteroatoms.